The number of halogens is 1. The molecule has 0 saturated carbocycles. The molecule has 0 amide bonds. The van der Waals surface area contributed by atoms with Crippen LogP contribution in [0.15, 0.2) is 23.2 Å². The highest BCUT2D eigenvalue weighted by molar-refractivity contribution is 5.92. The second-order valence-corrected chi connectivity index (χ2v) is 3.80. The normalized spacial score (nSPS) is 22.2. The van der Waals surface area contributed by atoms with Crippen LogP contribution in [0.4, 0.5) is 4.39 Å². The number of ketones is 1. The minimum Gasteiger partial charge on any atom is -0.458 e. The summed E-state index contributed by atoms with van der Waals surface area (Å²) < 4.78 is 18.8. The smallest absolute Gasteiger partial charge is 0.252 e. The number of hydrogen-bond donors (Lipinski definition) is 1. The van der Waals surface area contributed by atoms with Gasteiger partial charge in [-0.15, -0.1) is 0 Å². The molecule has 1 heterocycles. The van der Waals surface area contributed by atoms with Gasteiger partial charge in [0, 0.05) is 0 Å². The third-order valence-corrected chi connectivity index (χ3v) is 2.50. The summed E-state index contributed by atoms with van der Waals surface area (Å²) in [4.78, 5) is 15.5. The van der Waals surface area contributed by atoms with E-state index < -0.39 is 18.1 Å². The van der Waals surface area contributed by atoms with Crippen molar-refractivity contribution in [2.24, 2.45) is 4.99 Å². The lowest BCUT2D eigenvalue weighted by Crippen LogP contribution is -2.46. The average Bonchev–Trinajstić information content (AvgIpc) is 2.37. The van der Waals surface area contributed by atoms with E-state index in [-0.39, 0.29) is 17.1 Å². The quantitative estimate of drug-likeness (QED) is 0.845. The molecule has 1 aliphatic rings. The van der Waals surface area contributed by atoms with Crippen molar-refractivity contribution in [2.45, 2.75) is 19.2 Å². The molecule has 2 rings (SSSR count). The molecule has 2 atom stereocenters. The van der Waals surface area contributed by atoms with Gasteiger partial charge in [-0.2, -0.15) is 5.26 Å². The molecule has 5 nitrogen and oxygen atoms in total. The minimum atomic E-state index is -1.05. The zero-order valence-electron chi connectivity index (χ0n) is 9.55. The van der Waals surface area contributed by atoms with Crippen molar-refractivity contribution < 1.29 is 13.9 Å². The lowest BCUT2D eigenvalue weighted by Gasteiger charge is -2.22. The lowest BCUT2D eigenvalue weighted by molar-refractivity contribution is -0.127. The maximum atomic E-state index is 13.6. The summed E-state index contributed by atoms with van der Waals surface area (Å²) in [5, 5.41) is 11.3. The van der Waals surface area contributed by atoms with Gasteiger partial charge >= 0.3 is 0 Å². The van der Waals surface area contributed by atoms with Crippen LogP contribution in [0.2, 0.25) is 0 Å². The van der Waals surface area contributed by atoms with Crippen LogP contribution >= 0.6 is 0 Å². The van der Waals surface area contributed by atoms with Crippen LogP contribution in [0.25, 0.3) is 0 Å². The van der Waals surface area contributed by atoms with E-state index in [1.807, 2.05) is 6.07 Å². The van der Waals surface area contributed by atoms with Gasteiger partial charge in [-0.25, -0.2) is 9.38 Å². The SMILES string of the molecule is CC1NC=NC(Oc2ccc(C#N)cc2F)C1=O. The lowest BCUT2D eigenvalue weighted by atomic mass is 10.1. The molecule has 1 aromatic carbocycles. The van der Waals surface area contributed by atoms with Gasteiger partial charge in [-0.3, -0.25) is 4.79 Å². The third-order valence-electron chi connectivity index (χ3n) is 2.50. The van der Waals surface area contributed by atoms with Crippen LogP contribution in [-0.4, -0.2) is 24.4 Å². The Hall–Kier alpha value is -2.42. The van der Waals surface area contributed by atoms with E-state index in [0.717, 1.165) is 6.07 Å². The highest BCUT2D eigenvalue weighted by Gasteiger charge is 2.28. The standard InChI is InChI=1S/C12H10FN3O2/c1-7-11(17)12(16-6-15-7)18-10-3-2-8(5-14)4-9(10)13/h2-4,6-7,12H,1H3,(H,15,16). The number of nitriles is 1. The Balaban J connectivity index is 2.20. The van der Waals surface area contributed by atoms with Crippen molar-refractivity contribution in [1.29, 1.82) is 5.26 Å². The zero-order valence-corrected chi connectivity index (χ0v) is 9.55. The van der Waals surface area contributed by atoms with Crippen molar-refractivity contribution >= 4 is 12.1 Å². The van der Waals surface area contributed by atoms with Crippen LogP contribution in [0.1, 0.15) is 12.5 Å². The van der Waals surface area contributed by atoms with Gasteiger partial charge in [-0.05, 0) is 25.1 Å². The van der Waals surface area contributed by atoms with Gasteiger partial charge < -0.3 is 10.1 Å². The fourth-order valence-corrected chi connectivity index (χ4v) is 1.47. The molecule has 0 aromatic heterocycles. The molecule has 18 heavy (non-hydrogen) atoms. The summed E-state index contributed by atoms with van der Waals surface area (Å²) in [6.45, 7) is 1.67. The Labute approximate surface area is 103 Å². The van der Waals surface area contributed by atoms with E-state index in [9.17, 15) is 9.18 Å². The summed E-state index contributed by atoms with van der Waals surface area (Å²) in [5.41, 5.74) is 0.188. The maximum Gasteiger partial charge on any atom is 0.252 e. The number of nitrogens with zero attached hydrogens (tertiary/aromatic N) is 2. The van der Waals surface area contributed by atoms with E-state index >= 15 is 0 Å². The fraction of sp³-hybridized carbons (Fsp3) is 0.250. The molecule has 6 heteroatoms. The first kappa shape index (κ1) is 12.0. The molecule has 0 fully saturated rings. The molecular weight excluding hydrogens is 237 g/mol. The summed E-state index contributed by atoms with van der Waals surface area (Å²) in [5.74, 6) is -1.07. The van der Waals surface area contributed by atoms with Crippen LogP contribution < -0.4 is 10.1 Å². The van der Waals surface area contributed by atoms with E-state index in [1.165, 1.54) is 18.5 Å². The van der Waals surface area contributed by atoms with Crippen LogP contribution in [0.5, 0.6) is 5.75 Å². The number of nitrogens with one attached hydrogen (secondary N) is 1. The molecule has 0 bridgehead atoms. The fourth-order valence-electron chi connectivity index (χ4n) is 1.47. The first-order valence-electron chi connectivity index (χ1n) is 5.29. The predicted molar refractivity (Wildman–Crippen MR) is 61.6 cm³/mol. The third kappa shape index (κ3) is 2.30. The molecule has 1 aliphatic heterocycles. The molecule has 0 aliphatic carbocycles. The maximum absolute atomic E-state index is 13.6. The largest absolute Gasteiger partial charge is 0.458 e. The Bertz CT molecular complexity index is 551. The van der Waals surface area contributed by atoms with Crippen LogP contribution in [0, 0.1) is 17.1 Å². The van der Waals surface area contributed by atoms with Gasteiger partial charge in [-0.1, -0.05) is 0 Å². The highest BCUT2D eigenvalue weighted by Crippen LogP contribution is 2.20. The Morgan fingerprint density at radius 3 is 3.00 bits per heavy atom. The first-order chi connectivity index (χ1) is 8.61. The van der Waals surface area contributed by atoms with Crippen molar-refractivity contribution in [3.8, 4) is 11.8 Å². The summed E-state index contributed by atoms with van der Waals surface area (Å²) in [7, 11) is 0. The van der Waals surface area contributed by atoms with Crippen LogP contribution in [0.3, 0.4) is 0 Å². The van der Waals surface area contributed by atoms with Gasteiger partial charge in [0.2, 0.25) is 5.78 Å². The number of hydrogen-bond acceptors (Lipinski definition) is 5. The van der Waals surface area contributed by atoms with Gasteiger partial charge in [0.15, 0.2) is 11.6 Å². The van der Waals surface area contributed by atoms with Gasteiger partial charge in [0.05, 0.1) is 24.0 Å². The molecule has 0 saturated heterocycles. The highest BCUT2D eigenvalue weighted by atomic mass is 19.1. The molecule has 0 radical (unpaired) electrons. The summed E-state index contributed by atoms with van der Waals surface area (Å²) in [6.07, 6.45) is 0.307. The van der Waals surface area contributed by atoms with Crippen LogP contribution in [-0.2, 0) is 4.79 Å². The van der Waals surface area contributed by atoms with Crippen molar-refractivity contribution in [3.05, 3.63) is 29.6 Å². The number of carbonyl (C=O) groups is 1. The Morgan fingerprint density at radius 1 is 1.56 bits per heavy atom. The van der Waals surface area contributed by atoms with E-state index in [0.29, 0.717) is 0 Å². The number of rotatable bonds is 2. The number of benzene rings is 1. The van der Waals surface area contributed by atoms with Crippen molar-refractivity contribution in [1.82, 2.24) is 5.32 Å². The van der Waals surface area contributed by atoms with E-state index in [1.54, 1.807) is 6.92 Å². The Morgan fingerprint density at radius 2 is 2.33 bits per heavy atom. The summed E-state index contributed by atoms with van der Waals surface area (Å²) in [6, 6.07) is 5.16. The Kier molecular flexibility index (Phi) is 3.24. The number of aliphatic imine (C=N–C) groups is 1. The first-order valence-corrected chi connectivity index (χ1v) is 5.29. The molecule has 1 N–H and O–H groups in total. The van der Waals surface area contributed by atoms with E-state index in [2.05, 4.69) is 10.3 Å². The molecule has 92 valence electrons. The molecule has 0 spiro atoms. The number of Topliss-reactive ketones (excluding diaryl/α,β-unsaturated/α-hetero) is 1. The number of carbonyl (C=O) groups excluding carboxylic acids is 1. The van der Waals surface area contributed by atoms with Crippen molar-refractivity contribution in [3.63, 3.8) is 0 Å². The molecule has 2 unspecified atom stereocenters. The second kappa shape index (κ2) is 4.84. The summed E-state index contributed by atoms with van der Waals surface area (Å²) >= 11 is 0. The van der Waals surface area contributed by atoms with E-state index in [4.69, 9.17) is 10.00 Å². The van der Waals surface area contributed by atoms with Gasteiger partial charge in [0.25, 0.3) is 6.23 Å². The van der Waals surface area contributed by atoms with Gasteiger partial charge in [0.1, 0.15) is 0 Å². The number of ether oxygens (including phenoxy) is 1. The monoisotopic (exact) mass is 247 g/mol. The van der Waals surface area contributed by atoms with Crippen molar-refractivity contribution in [2.75, 3.05) is 0 Å². The molecule has 1 aromatic rings. The minimum absolute atomic E-state index is 0.0985. The average molecular weight is 247 g/mol. The predicted octanol–water partition coefficient (Wildman–Crippen LogP) is 0.991. The topological polar surface area (TPSA) is 74.5 Å². The second-order valence-electron chi connectivity index (χ2n) is 3.80. The zero-order chi connectivity index (χ0) is 13.1. The molecular formula is C12H10FN3O2.